The van der Waals surface area contributed by atoms with Gasteiger partial charge in [0.15, 0.2) is 11.0 Å². The largest absolute Gasteiger partial charge is 0.324 e. The van der Waals surface area contributed by atoms with Crippen LogP contribution in [0.25, 0.3) is 10.7 Å². The van der Waals surface area contributed by atoms with Gasteiger partial charge in [0, 0.05) is 11.0 Å². The van der Waals surface area contributed by atoms with Gasteiger partial charge in [0.2, 0.25) is 5.91 Å². The van der Waals surface area contributed by atoms with Crippen LogP contribution >= 0.6 is 50.6 Å². The average Bonchev–Trinajstić information content (AvgIpc) is 3.24. The lowest BCUT2D eigenvalue weighted by Gasteiger charge is -2.08. The van der Waals surface area contributed by atoms with Crippen LogP contribution in [0.3, 0.4) is 0 Å². The molecular weight excluding hydrogens is 444 g/mol. The Morgan fingerprint density at radius 3 is 2.92 bits per heavy atom. The first-order valence-corrected chi connectivity index (χ1v) is 10.5. The summed E-state index contributed by atoms with van der Waals surface area (Å²) in [6, 6.07) is 9.33. The normalized spacial score (nSPS) is 10.8. The number of amides is 1. The van der Waals surface area contributed by atoms with Crippen LogP contribution in [0.15, 0.2) is 45.3 Å². The molecular formula is C16H14BrClN4OS2. The van der Waals surface area contributed by atoms with Crippen molar-refractivity contribution in [3.63, 3.8) is 0 Å². The minimum Gasteiger partial charge on any atom is -0.324 e. The average molecular weight is 458 g/mol. The SMILES string of the molecule is CCn1c(SCC(=O)Nc2ccc(Br)cc2Cl)nnc1-c1cccs1. The number of carbonyl (C=O) groups excluding carboxylic acids is 1. The van der Waals surface area contributed by atoms with Crippen molar-refractivity contribution in [1.82, 2.24) is 14.8 Å². The topological polar surface area (TPSA) is 59.8 Å². The van der Waals surface area contributed by atoms with Crippen LogP contribution in [-0.2, 0) is 11.3 Å². The van der Waals surface area contributed by atoms with Crippen molar-refractivity contribution < 1.29 is 4.79 Å². The van der Waals surface area contributed by atoms with Crippen molar-refractivity contribution in [2.75, 3.05) is 11.1 Å². The molecule has 0 atom stereocenters. The lowest BCUT2D eigenvalue weighted by molar-refractivity contribution is -0.113. The summed E-state index contributed by atoms with van der Waals surface area (Å²) in [5.74, 6) is 0.920. The number of thioether (sulfide) groups is 1. The molecule has 0 unspecified atom stereocenters. The van der Waals surface area contributed by atoms with E-state index in [-0.39, 0.29) is 11.7 Å². The Morgan fingerprint density at radius 1 is 1.40 bits per heavy atom. The molecule has 25 heavy (non-hydrogen) atoms. The molecule has 0 spiro atoms. The van der Waals surface area contributed by atoms with Crippen LogP contribution < -0.4 is 5.32 Å². The van der Waals surface area contributed by atoms with Gasteiger partial charge >= 0.3 is 0 Å². The molecule has 2 aromatic heterocycles. The molecule has 0 saturated carbocycles. The number of aromatic nitrogens is 3. The fraction of sp³-hybridized carbons (Fsp3) is 0.188. The number of carbonyl (C=O) groups is 1. The van der Waals surface area contributed by atoms with Crippen LogP contribution in [-0.4, -0.2) is 26.4 Å². The maximum atomic E-state index is 12.2. The Bertz CT molecular complexity index is 882. The smallest absolute Gasteiger partial charge is 0.234 e. The van der Waals surface area contributed by atoms with Crippen molar-refractivity contribution in [3.05, 3.63) is 45.2 Å². The molecule has 3 rings (SSSR count). The van der Waals surface area contributed by atoms with Gasteiger partial charge in [-0.2, -0.15) is 0 Å². The molecule has 1 amide bonds. The minimum absolute atomic E-state index is 0.141. The quantitative estimate of drug-likeness (QED) is 0.519. The number of thiophene rings is 1. The first kappa shape index (κ1) is 18.4. The highest BCUT2D eigenvalue weighted by Gasteiger charge is 2.15. The zero-order chi connectivity index (χ0) is 17.8. The number of hydrogen-bond donors (Lipinski definition) is 1. The summed E-state index contributed by atoms with van der Waals surface area (Å²) in [5.41, 5.74) is 0.590. The van der Waals surface area contributed by atoms with Crippen molar-refractivity contribution in [3.8, 4) is 10.7 Å². The van der Waals surface area contributed by atoms with E-state index in [1.165, 1.54) is 11.8 Å². The Balaban J connectivity index is 1.66. The van der Waals surface area contributed by atoms with Crippen LogP contribution in [0.1, 0.15) is 6.92 Å². The van der Waals surface area contributed by atoms with E-state index >= 15 is 0 Å². The lowest BCUT2D eigenvalue weighted by atomic mass is 10.3. The highest BCUT2D eigenvalue weighted by molar-refractivity contribution is 9.10. The van der Waals surface area contributed by atoms with Gasteiger partial charge < -0.3 is 9.88 Å². The van der Waals surface area contributed by atoms with Gasteiger partial charge in [-0.25, -0.2) is 0 Å². The van der Waals surface area contributed by atoms with E-state index < -0.39 is 0 Å². The molecule has 0 aliphatic carbocycles. The van der Waals surface area contributed by atoms with Gasteiger partial charge in [-0.1, -0.05) is 45.4 Å². The number of hydrogen-bond acceptors (Lipinski definition) is 5. The van der Waals surface area contributed by atoms with Crippen molar-refractivity contribution in [2.24, 2.45) is 0 Å². The Kier molecular flexibility index (Phi) is 6.16. The summed E-state index contributed by atoms with van der Waals surface area (Å²) in [7, 11) is 0. The fourth-order valence-electron chi connectivity index (χ4n) is 2.18. The van der Waals surface area contributed by atoms with E-state index in [0.717, 1.165) is 26.9 Å². The van der Waals surface area contributed by atoms with Gasteiger partial charge in [-0.3, -0.25) is 4.79 Å². The van der Waals surface area contributed by atoms with Crippen molar-refractivity contribution in [1.29, 1.82) is 0 Å². The highest BCUT2D eigenvalue weighted by atomic mass is 79.9. The Labute approximate surface area is 166 Å². The van der Waals surface area contributed by atoms with Gasteiger partial charge in [0.1, 0.15) is 0 Å². The standard InChI is InChI=1S/C16H14BrClN4OS2/c1-2-22-15(13-4-3-7-24-13)20-21-16(22)25-9-14(23)19-12-6-5-10(17)8-11(12)18/h3-8H,2,9H2,1H3,(H,19,23). The lowest BCUT2D eigenvalue weighted by Crippen LogP contribution is -2.15. The number of nitrogens with one attached hydrogen (secondary N) is 1. The second-order valence-electron chi connectivity index (χ2n) is 4.99. The highest BCUT2D eigenvalue weighted by Crippen LogP contribution is 2.28. The van der Waals surface area contributed by atoms with Crippen molar-refractivity contribution in [2.45, 2.75) is 18.6 Å². The number of rotatable bonds is 6. The first-order chi connectivity index (χ1) is 12.1. The molecule has 0 aliphatic rings. The first-order valence-electron chi connectivity index (χ1n) is 7.43. The van der Waals surface area contributed by atoms with E-state index in [1.54, 1.807) is 23.5 Å². The van der Waals surface area contributed by atoms with Gasteiger partial charge in [-0.05, 0) is 36.6 Å². The van der Waals surface area contributed by atoms with Crippen LogP contribution in [0.2, 0.25) is 5.02 Å². The molecule has 1 aromatic carbocycles. The molecule has 130 valence electrons. The molecule has 5 nitrogen and oxygen atoms in total. The van der Waals surface area contributed by atoms with E-state index in [1.807, 2.05) is 35.1 Å². The molecule has 0 radical (unpaired) electrons. The van der Waals surface area contributed by atoms with Gasteiger partial charge in [0.05, 0.1) is 21.3 Å². The summed E-state index contributed by atoms with van der Waals surface area (Å²) in [4.78, 5) is 13.3. The summed E-state index contributed by atoms with van der Waals surface area (Å²) in [5, 5.41) is 14.5. The molecule has 0 saturated heterocycles. The maximum absolute atomic E-state index is 12.2. The van der Waals surface area contributed by atoms with Crippen LogP contribution in [0.5, 0.6) is 0 Å². The number of anilines is 1. The molecule has 1 N–H and O–H groups in total. The minimum atomic E-state index is -0.141. The number of nitrogens with zero attached hydrogens (tertiary/aromatic N) is 3. The van der Waals surface area contributed by atoms with E-state index in [9.17, 15) is 4.79 Å². The van der Waals surface area contributed by atoms with E-state index in [4.69, 9.17) is 11.6 Å². The third-order valence-electron chi connectivity index (χ3n) is 3.31. The number of benzene rings is 1. The second kappa shape index (κ2) is 8.35. The summed E-state index contributed by atoms with van der Waals surface area (Å²) in [6.45, 7) is 2.77. The Hall–Kier alpha value is -1.35. The molecule has 2 heterocycles. The molecule has 9 heteroatoms. The van der Waals surface area contributed by atoms with Gasteiger partial charge in [0.25, 0.3) is 0 Å². The number of halogens is 2. The van der Waals surface area contributed by atoms with Crippen LogP contribution in [0, 0.1) is 0 Å². The zero-order valence-corrected chi connectivity index (χ0v) is 17.2. The van der Waals surface area contributed by atoms with E-state index in [2.05, 4.69) is 31.4 Å². The third-order valence-corrected chi connectivity index (χ3v) is 5.95. The second-order valence-corrected chi connectivity index (χ2v) is 8.20. The predicted molar refractivity (Wildman–Crippen MR) is 108 cm³/mol. The monoisotopic (exact) mass is 456 g/mol. The van der Waals surface area contributed by atoms with Gasteiger partial charge in [-0.15, -0.1) is 21.5 Å². The van der Waals surface area contributed by atoms with E-state index in [0.29, 0.717) is 10.7 Å². The maximum Gasteiger partial charge on any atom is 0.234 e. The molecule has 3 aromatic rings. The zero-order valence-electron chi connectivity index (χ0n) is 13.2. The molecule has 0 aliphatic heterocycles. The predicted octanol–water partition coefficient (Wildman–Crippen LogP) is 5.17. The van der Waals surface area contributed by atoms with Crippen LogP contribution in [0.4, 0.5) is 5.69 Å². The molecule has 0 bridgehead atoms. The fourth-order valence-corrected chi connectivity index (χ4v) is 4.42. The summed E-state index contributed by atoms with van der Waals surface area (Å²) in [6.07, 6.45) is 0. The third kappa shape index (κ3) is 4.44. The summed E-state index contributed by atoms with van der Waals surface area (Å²) >= 11 is 12.4. The summed E-state index contributed by atoms with van der Waals surface area (Å²) < 4.78 is 2.87. The van der Waals surface area contributed by atoms with Crippen molar-refractivity contribution >= 4 is 62.2 Å². The molecule has 0 fully saturated rings. The Morgan fingerprint density at radius 2 is 2.24 bits per heavy atom.